The lowest BCUT2D eigenvalue weighted by Crippen LogP contribution is -2.42. The highest BCUT2D eigenvalue weighted by molar-refractivity contribution is 5.88. The molecule has 4 aromatic rings. The number of halogens is 1. The Bertz CT molecular complexity index is 1550. The van der Waals surface area contributed by atoms with Crippen LogP contribution in [0, 0.1) is 5.82 Å². The number of amides is 1. The number of rotatable bonds is 7. The second-order valence-corrected chi connectivity index (χ2v) is 9.14. The number of hydrogen-bond donors (Lipinski definition) is 2. The number of aromatic amines is 1. The smallest absolute Gasteiger partial charge is 0.333 e. The molecule has 0 radical (unpaired) electrons. The third-order valence-corrected chi connectivity index (χ3v) is 6.35. The number of fused-ring (bicyclic) bond motifs is 1. The predicted octanol–water partition coefficient (Wildman–Crippen LogP) is 2.59. The maximum absolute atomic E-state index is 14.4. The molecule has 3 aromatic heterocycles. The first-order valence-electron chi connectivity index (χ1n) is 12.2. The molecule has 1 unspecified atom stereocenters. The van der Waals surface area contributed by atoms with Crippen LogP contribution in [0.1, 0.15) is 43.3 Å². The van der Waals surface area contributed by atoms with Crippen LogP contribution in [0.4, 0.5) is 10.1 Å². The van der Waals surface area contributed by atoms with E-state index in [-0.39, 0.29) is 48.2 Å². The van der Waals surface area contributed by atoms with Gasteiger partial charge in [0.25, 0.3) is 5.56 Å². The van der Waals surface area contributed by atoms with Gasteiger partial charge in [-0.25, -0.2) is 14.2 Å². The molecule has 11 heteroatoms. The normalized spacial score (nSPS) is 15.7. The molecule has 4 heterocycles. The van der Waals surface area contributed by atoms with Crippen molar-refractivity contribution < 1.29 is 13.9 Å². The van der Waals surface area contributed by atoms with Gasteiger partial charge in [0.2, 0.25) is 5.91 Å². The number of aromatic nitrogens is 5. The van der Waals surface area contributed by atoms with E-state index in [2.05, 4.69) is 20.3 Å². The van der Waals surface area contributed by atoms with Gasteiger partial charge in [0, 0.05) is 31.2 Å². The molecule has 37 heavy (non-hydrogen) atoms. The van der Waals surface area contributed by atoms with Gasteiger partial charge in [0.15, 0.2) is 5.65 Å². The summed E-state index contributed by atoms with van der Waals surface area (Å²) in [5, 5.41) is 2.66. The molecule has 10 nitrogen and oxygen atoms in total. The zero-order valence-electron chi connectivity index (χ0n) is 20.4. The van der Waals surface area contributed by atoms with Crippen LogP contribution in [0.15, 0.2) is 52.2 Å². The Morgan fingerprint density at radius 2 is 2.03 bits per heavy atom. The lowest BCUT2D eigenvalue weighted by Gasteiger charge is -2.23. The number of anilines is 1. The average molecular weight is 507 g/mol. The van der Waals surface area contributed by atoms with Gasteiger partial charge in [-0.2, -0.15) is 0 Å². The summed E-state index contributed by atoms with van der Waals surface area (Å²) in [4.78, 5) is 50.2. The highest BCUT2D eigenvalue weighted by Crippen LogP contribution is 2.17. The minimum atomic E-state index is -0.572. The van der Waals surface area contributed by atoms with Crippen LogP contribution in [0.3, 0.4) is 0 Å². The minimum Gasteiger partial charge on any atom is -0.376 e. The van der Waals surface area contributed by atoms with E-state index < -0.39 is 17.1 Å². The lowest BCUT2D eigenvalue weighted by molar-refractivity contribution is -0.114. The number of benzene rings is 1. The number of carbonyl (C=O) groups excluding carboxylic acids is 1. The van der Waals surface area contributed by atoms with Gasteiger partial charge in [-0.15, -0.1) is 0 Å². The van der Waals surface area contributed by atoms with E-state index in [4.69, 9.17) is 4.74 Å². The van der Waals surface area contributed by atoms with Gasteiger partial charge in [-0.3, -0.25) is 23.7 Å². The van der Waals surface area contributed by atoms with Crippen molar-refractivity contribution >= 4 is 22.8 Å². The van der Waals surface area contributed by atoms with Crippen molar-refractivity contribution in [3.63, 3.8) is 0 Å². The Hall–Kier alpha value is -4.12. The SMILES string of the molecule is CC(=O)Nc1ccc(Cc2nc3c([nH]2)c(=O)n(Cc2ccccc2F)c(=O)n3CC2CCCCO2)nc1. The molecule has 0 aliphatic carbocycles. The molecule has 0 saturated carbocycles. The molecule has 0 spiro atoms. The number of pyridine rings is 1. The maximum Gasteiger partial charge on any atom is 0.333 e. The molecule has 1 aromatic carbocycles. The van der Waals surface area contributed by atoms with E-state index in [1.54, 1.807) is 30.3 Å². The number of ether oxygens (including phenoxy) is 1. The Kier molecular flexibility index (Phi) is 6.95. The summed E-state index contributed by atoms with van der Waals surface area (Å²) in [6.07, 6.45) is 4.38. The van der Waals surface area contributed by atoms with Crippen molar-refractivity contribution in [2.75, 3.05) is 11.9 Å². The fourth-order valence-corrected chi connectivity index (χ4v) is 4.53. The Balaban J connectivity index is 1.55. The fourth-order valence-electron chi connectivity index (χ4n) is 4.53. The molecule has 5 rings (SSSR count). The third kappa shape index (κ3) is 5.36. The van der Waals surface area contributed by atoms with E-state index in [9.17, 15) is 18.8 Å². The fraction of sp³-hybridized carbons (Fsp3) is 0.346. The average Bonchev–Trinajstić information content (AvgIpc) is 3.31. The standard InChI is InChI=1S/C26H27FN6O4/c1-16(34)29-19-10-9-18(28-13-19)12-22-30-23-24(31-22)32(15-20-7-4-5-11-37-20)26(36)33(25(23)35)14-17-6-2-3-8-21(17)27/h2-3,6,8-10,13,20H,4-5,7,11-12,14-15H2,1H3,(H,29,34)(H,30,31). The highest BCUT2D eigenvalue weighted by atomic mass is 19.1. The predicted molar refractivity (Wildman–Crippen MR) is 135 cm³/mol. The number of carbonyl (C=O) groups is 1. The Morgan fingerprint density at radius 1 is 1.19 bits per heavy atom. The molecule has 2 N–H and O–H groups in total. The molecular weight excluding hydrogens is 479 g/mol. The molecule has 1 amide bonds. The van der Waals surface area contributed by atoms with Crippen molar-refractivity contribution in [2.24, 2.45) is 0 Å². The van der Waals surface area contributed by atoms with E-state index in [0.29, 0.717) is 23.8 Å². The van der Waals surface area contributed by atoms with Crippen LogP contribution in [0.25, 0.3) is 11.2 Å². The second kappa shape index (κ2) is 10.5. The molecule has 0 bridgehead atoms. The summed E-state index contributed by atoms with van der Waals surface area (Å²) in [6, 6.07) is 9.54. The van der Waals surface area contributed by atoms with E-state index in [1.165, 1.54) is 23.8 Å². The molecular formula is C26H27FN6O4. The summed E-state index contributed by atoms with van der Waals surface area (Å²) in [6.45, 7) is 2.07. The first-order valence-corrected chi connectivity index (χ1v) is 12.2. The van der Waals surface area contributed by atoms with E-state index in [0.717, 1.165) is 23.8 Å². The molecule has 1 fully saturated rings. The minimum absolute atomic E-state index is 0.164. The number of imidazole rings is 1. The monoisotopic (exact) mass is 506 g/mol. The topological polar surface area (TPSA) is 124 Å². The van der Waals surface area contributed by atoms with Gasteiger partial charge in [-0.05, 0) is 37.5 Å². The van der Waals surface area contributed by atoms with Gasteiger partial charge < -0.3 is 15.0 Å². The molecule has 1 aliphatic rings. The van der Waals surface area contributed by atoms with Crippen molar-refractivity contribution in [2.45, 2.75) is 51.8 Å². The summed E-state index contributed by atoms with van der Waals surface area (Å²) in [5.41, 5.74) is 0.727. The Labute approximate surface area is 211 Å². The summed E-state index contributed by atoms with van der Waals surface area (Å²) < 4.78 is 22.7. The van der Waals surface area contributed by atoms with Gasteiger partial charge in [-0.1, -0.05) is 18.2 Å². The molecule has 192 valence electrons. The van der Waals surface area contributed by atoms with Crippen molar-refractivity contribution in [1.29, 1.82) is 0 Å². The number of hydrogen-bond acceptors (Lipinski definition) is 6. The third-order valence-electron chi connectivity index (χ3n) is 6.35. The van der Waals surface area contributed by atoms with Gasteiger partial charge in [0.1, 0.15) is 17.2 Å². The maximum atomic E-state index is 14.4. The van der Waals surface area contributed by atoms with Crippen LogP contribution in [0.5, 0.6) is 0 Å². The zero-order chi connectivity index (χ0) is 25.9. The summed E-state index contributed by atoms with van der Waals surface area (Å²) in [5.74, 6) is -0.234. The summed E-state index contributed by atoms with van der Waals surface area (Å²) >= 11 is 0. The van der Waals surface area contributed by atoms with Crippen LogP contribution in [0.2, 0.25) is 0 Å². The van der Waals surface area contributed by atoms with Crippen molar-refractivity contribution in [1.82, 2.24) is 24.1 Å². The van der Waals surface area contributed by atoms with Gasteiger partial charge >= 0.3 is 5.69 Å². The van der Waals surface area contributed by atoms with Crippen LogP contribution < -0.4 is 16.6 Å². The van der Waals surface area contributed by atoms with Crippen molar-refractivity contribution in [3.8, 4) is 0 Å². The molecule has 1 saturated heterocycles. The number of nitrogens with one attached hydrogen (secondary N) is 2. The zero-order valence-corrected chi connectivity index (χ0v) is 20.4. The molecule has 1 atom stereocenters. The second-order valence-electron chi connectivity index (χ2n) is 9.14. The highest BCUT2D eigenvalue weighted by Gasteiger charge is 2.22. The molecule has 1 aliphatic heterocycles. The summed E-state index contributed by atoms with van der Waals surface area (Å²) in [7, 11) is 0. The van der Waals surface area contributed by atoms with Crippen LogP contribution >= 0.6 is 0 Å². The van der Waals surface area contributed by atoms with Crippen molar-refractivity contribution in [3.05, 3.63) is 86.3 Å². The van der Waals surface area contributed by atoms with E-state index >= 15 is 0 Å². The quantitative estimate of drug-likeness (QED) is 0.397. The first-order chi connectivity index (χ1) is 17.9. The first kappa shape index (κ1) is 24.6. The van der Waals surface area contributed by atoms with Crippen LogP contribution in [-0.4, -0.2) is 42.7 Å². The van der Waals surface area contributed by atoms with Crippen LogP contribution in [-0.2, 0) is 29.0 Å². The van der Waals surface area contributed by atoms with Gasteiger partial charge in [0.05, 0.1) is 31.1 Å². The number of H-pyrrole nitrogens is 1. The van der Waals surface area contributed by atoms with E-state index in [1.807, 2.05) is 0 Å². The number of nitrogens with zero attached hydrogens (tertiary/aromatic N) is 4. The largest absolute Gasteiger partial charge is 0.376 e. The lowest BCUT2D eigenvalue weighted by atomic mass is 10.1. The Morgan fingerprint density at radius 3 is 2.73 bits per heavy atom.